The molecule has 2 aromatic rings. The van der Waals surface area contributed by atoms with Gasteiger partial charge in [0.1, 0.15) is 12.4 Å². The van der Waals surface area contributed by atoms with E-state index >= 15 is 0 Å². The van der Waals surface area contributed by atoms with Crippen LogP contribution in [0.3, 0.4) is 0 Å². The molecule has 0 saturated heterocycles. The van der Waals surface area contributed by atoms with Crippen molar-refractivity contribution in [1.29, 1.82) is 0 Å². The highest BCUT2D eigenvalue weighted by atomic mass is 32.1. The van der Waals surface area contributed by atoms with Crippen molar-refractivity contribution in [3.8, 4) is 5.75 Å². The van der Waals surface area contributed by atoms with Crippen LogP contribution in [0.25, 0.3) is 0 Å². The van der Waals surface area contributed by atoms with Gasteiger partial charge in [0.15, 0.2) is 0 Å². The average molecular weight is 420 g/mol. The molecule has 0 fully saturated rings. The maximum Gasteiger partial charge on any atom is 0.407 e. The standard InChI is InChI=1S/C21H29N3O4S/c1-5-27-21(26)24-17(9-14(2)3)11-22-20(25)16-7-6-8-19(10-16)28-12-18-13-29-15(4)23-18/h6-8,10,13-14,17H,5,9,11-12H2,1-4H3,(H,22,25)(H,24,26). The number of alkyl carbamates (subject to hydrolysis) is 1. The summed E-state index contributed by atoms with van der Waals surface area (Å²) in [4.78, 5) is 28.6. The Balaban J connectivity index is 1.91. The summed E-state index contributed by atoms with van der Waals surface area (Å²) in [5.41, 5.74) is 1.36. The fourth-order valence-electron chi connectivity index (χ4n) is 2.78. The first-order valence-electron chi connectivity index (χ1n) is 9.72. The van der Waals surface area contributed by atoms with E-state index in [1.807, 2.05) is 12.3 Å². The summed E-state index contributed by atoms with van der Waals surface area (Å²) in [6.45, 7) is 8.80. The van der Waals surface area contributed by atoms with Gasteiger partial charge in [-0.1, -0.05) is 19.9 Å². The number of ether oxygens (including phenoxy) is 2. The molecule has 1 unspecified atom stereocenters. The van der Waals surface area contributed by atoms with Gasteiger partial charge in [0.2, 0.25) is 0 Å². The second-order valence-electron chi connectivity index (χ2n) is 7.08. The van der Waals surface area contributed by atoms with E-state index in [2.05, 4.69) is 29.5 Å². The van der Waals surface area contributed by atoms with Gasteiger partial charge in [0.25, 0.3) is 5.91 Å². The van der Waals surface area contributed by atoms with Gasteiger partial charge in [-0.3, -0.25) is 4.79 Å². The zero-order chi connectivity index (χ0) is 21.2. The summed E-state index contributed by atoms with van der Waals surface area (Å²) >= 11 is 1.57. The molecule has 0 aliphatic rings. The number of amides is 2. The molecular formula is C21H29N3O4S. The van der Waals surface area contributed by atoms with Crippen LogP contribution in [0.15, 0.2) is 29.6 Å². The Labute approximate surface area is 175 Å². The lowest BCUT2D eigenvalue weighted by Gasteiger charge is -2.20. The van der Waals surface area contributed by atoms with Crippen molar-refractivity contribution in [2.75, 3.05) is 13.2 Å². The monoisotopic (exact) mass is 419 g/mol. The number of carbonyl (C=O) groups is 2. The van der Waals surface area contributed by atoms with E-state index in [-0.39, 0.29) is 11.9 Å². The van der Waals surface area contributed by atoms with Crippen LogP contribution in [0.1, 0.15) is 48.3 Å². The summed E-state index contributed by atoms with van der Waals surface area (Å²) in [7, 11) is 0. The summed E-state index contributed by atoms with van der Waals surface area (Å²) < 4.78 is 10.7. The maximum atomic E-state index is 12.6. The van der Waals surface area contributed by atoms with Gasteiger partial charge in [-0.25, -0.2) is 9.78 Å². The number of hydrogen-bond donors (Lipinski definition) is 2. The summed E-state index contributed by atoms with van der Waals surface area (Å²) in [6.07, 6.45) is 0.259. The SMILES string of the molecule is CCOC(=O)NC(CNC(=O)c1cccc(OCc2csc(C)n2)c1)CC(C)C. The number of rotatable bonds is 10. The molecule has 158 valence electrons. The molecule has 8 heteroatoms. The summed E-state index contributed by atoms with van der Waals surface area (Å²) in [5.74, 6) is 0.746. The third kappa shape index (κ3) is 8.11. The molecule has 1 aromatic heterocycles. The number of aromatic nitrogens is 1. The maximum absolute atomic E-state index is 12.6. The minimum absolute atomic E-state index is 0.203. The Morgan fingerprint density at radius 1 is 1.28 bits per heavy atom. The number of nitrogens with zero attached hydrogens (tertiary/aromatic N) is 1. The minimum atomic E-state index is -0.472. The first-order chi connectivity index (χ1) is 13.9. The van der Waals surface area contributed by atoms with Crippen LogP contribution in [0.2, 0.25) is 0 Å². The topological polar surface area (TPSA) is 89.6 Å². The Hall–Kier alpha value is -2.61. The van der Waals surface area contributed by atoms with Crippen molar-refractivity contribution in [2.45, 2.75) is 46.8 Å². The van der Waals surface area contributed by atoms with E-state index in [0.717, 1.165) is 17.1 Å². The first-order valence-corrected chi connectivity index (χ1v) is 10.6. The van der Waals surface area contributed by atoms with Crippen LogP contribution in [0.4, 0.5) is 4.79 Å². The summed E-state index contributed by atoms with van der Waals surface area (Å²) in [5, 5.41) is 8.63. The Bertz CT molecular complexity index is 807. The van der Waals surface area contributed by atoms with Crippen molar-refractivity contribution < 1.29 is 19.1 Å². The Morgan fingerprint density at radius 2 is 2.07 bits per heavy atom. The van der Waals surface area contributed by atoms with Crippen LogP contribution >= 0.6 is 11.3 Å². The third-order valence-electron chi connectivity index (χ3n) is 4.01. The predicted molar refractivity (Wildman–Crippen MR) is 113 cm³/mol. The highest BCUT2D eigenvalue weighted by Gasteiger charge is 2.16. The van der Waals surface area contributed by atoms with E-state index in [0.29, 0.717) is 37.0 Å². The number of thiazole rings is 1. The lowest BCUT2D eigenvalue weighted by molar-refractivity contribution is 0.0944. The highest BCUT2D eigenvalue weighted by Crippen LogP contribution is 2.16. The molecule has 2 amide bonds. The fourth-order valence-corrected chi connectivity index (χ4v) is 3.38. The molecule has 2 rings (SSSR count). The molecule has 7 nitrogen and oxygen atoms in total. The Morgan fingerprint density at radius 3 is 2.72 bits per heavy atom. The van der Waals surface area contributed by atoms with E-state index in [1.54, 1.807) is 42.5 Å². The lowest BCUT2D eigenvalue weighted by Crippen LogP contribution is -2.44. The minimum Gasteiger partial charge on any atom is -0.487 e. The van der Waals surface area contributed by atoms with Gasteiger partial charge in [0, 0.05) is 23.5 Å². The van der Waals surface area contributed by atoms with Gasteiger partial charge >= 0.3 is 6.09 Å². The number of aryl methyl sites for hydroxylation is 1. The molecule has 2 N–H and O–H groups in total. The summed E-state index contributed by atoms with van der Waals surface area (Å²) in [6, 6.07) is 6.81. The molecule has 1 aromatic carbocycles. The van der Waals surface area contributed by atoms with Gasteiger partial charge < -0.3 is 20.1 Å². The predicted octanol–water partition coefficient (Wildman–Crippen LogP) is 3.92. The van der Waals surface area contributed by atoms with Crippen LogP contribution in [-0.2, 0) is 11.3 Å². The first kappa shape index (κ1) is 22.7. The van der Waals surface area contributed by atoms with E-state index < -0.39 is 6.09 Å². The largest absolute Gasteiger partial charge is 0.487 e. The van der Waals surface area contributed by atoms with E-state index in [9.17, 15) is 9.59 Å². The second-order valence-corrected chi connectivity index (χ2v) is 8.14. The van der Waals surface area contributed by atoms with Gasteiger partial charge in [0.05, 0.1) is 17.3 Å². The van der Waals surface area contributed by atoms with Crippen molar-refractivity contribution in [3.05, 3.63) is 45.9 Å². The van der Waals surface area contributed by atoms with Crippen LogP contribution in [-0.4, -0.2) is 36.2 Å². The molecule has 0 spiro atoms. The number of carbonyl (C=O) groups excluding carboxylic acids is 2. The van der Waals surface area contributed by atoms with Crippen LogP contribution in [0, 0.1) is 12.8 Å². The van der Waals surface area contributed by atoms with Gasteiger partial charge in [-0.15, -0.1) is 11.3 Å². The Kier molecular flexibility index (Phi) is 8.92. The van der Waals surface area contributed by atoms with Crippen LogP contribution in [0.5, 0.6) is 5.75 Å². The molecule has 29 heavy (non-hydrogen) atoms. The molecule has 0 radical (unpaired) electrons. The molecule has 1 atom stereocenters. The van der Waals surface area contributed by atoms with Crippen molar-refractivity contribution in [1.82, 2.24) is 15.6 Å². The molecule has 0 saturated carbocycles. The molecule has 1 heterocycles. The number of benzene rings is 1. The van der Waals surface area contributed by atoms with E-state index in [1.165, 1.54) is 0 Å². The number of hydrogen-bond acceptors (Lipinski definition) is 6. The quantitative estimate of drug-likeness (QED) is 0.609. The van der Waals surface area contributed by atoms with E-state index in [4.69, 9.17) is 9.47 Å². The van der Waals surface area contributed by atoms with Crippen LogP contribution < -0.4 is 15.4 Å². The average Bonchev–Trinajstić information content (AvgIpc) is 3.09. The lowest BCUT2D eigenvalue weighted by atomic mass is 10.0. The molecule has 0 aliphatic heterocycles. The smallest absolute Gasteiger partial charge is 0.407 e. The zero-order valence-electron chi connectivity index (χ0n) is 17.4. The fraction of sp³-hybridized carbons (Fsp3) is 0.476. The zero-order valence-corrected chi connectivity index (χ0v) is 18.2. The van der Waals surface area contributed by atoms with Crippen molar-refractivity contribution in [3.63, 3.8) is 0 Å². The van der Waals surface area contributed by atoms with Gasteiger partial charge in [-0.2, -0.15) is 0 Å². The van der Waals surface area contributed by atoms with Gasteiger partial charge in [-0.05, 0) is 44.4 Å². The highest BCUT2D eigenvalue weighted by molar-refractivity contribution is 7.09. The third-order valence-corrected chi connectivity index (χ3v) is 4.83. The van der Waals surface area contributed by atoms with Crippen molar-refractivity contribution >= 4 is 23.3 Å². The molecule has 0 aliphatic carbocycles. The van der Waals surface area contributed by atoms with Crippen molar-refractivity contribution in [2.24, 2.45) is 5.92 Å². The number of nitrogens with one attached hydrogen (secondary N) is 2. The normalized spacial score (nSPS) is 11.8. The second kappa shape index (κ2) is 11.4. The molecular weight excluding hydrogens is 390 g/mol. The molecule has 0 bridgehead atoms.